The summed E-state index contributed by atoms with van der Waals surface area (Å²) in [6.45, 7) is 7.84. The van der Waals surface area contributed by atoms with E-state index >= 15 is 0 Å². The molecule has 9 heteroatoms. The Kier molecular flexibility index (Phi) is 7.02. The molecule has 2 aliphatic rings. The standard InChI is InChI=1S/C23H30N2O5S2/c1-16(2)18-6-4-17(5-7-18)14-24-9-8-19-20(15-24)31-23(21(19)22(26)29-3)32(27,28)25-10-12-30-13-11-25/h4-7,16H,8-15H2,1-3H3. The first-order valence-corrected chi connectivity index (χ1v) is 13.2. The average molecular weight is 479 g/mol. The third kappa shape index (κ3) is 4.63. The number of morpholine rings is 1. The number of carbonyl (C=O) groups is 1. The second-order valence-corrected chi connectivity index (χ2v) is 11.8. The molecule has 174 valence electrons. The molecule has 0 aliphatic carbocycles. The number of sulfonamides is 1. The number of nitrogens with zero attached hydrogens (tertiary/aromatic N) is 2. The number of thiophene rings is 1. The van der Waals surface area contributed by atoms with Gasteiger partial charge >= 0.3 is 5.97 Å². The maximum absolute atomic E-state index is 13.4. The smallest absolute Gasteiger partial charge is 0.340 e. The Bertz CT molecular complexity index is 1070. The van der Waals surface area contributed by atoms with Crippen LogP contribution in [0.2, 0.25) is 0 Å². The van der Waals surface area contributed by atoms with Crippen LogP contribution in [0, 0.1) is 0 Å². The molecular formula is C23H30N2O5S2. The largest absolute Gasteiger partial charge is 0.465 e. The van der Waals surface area contributed by atoms with Gasteiger partial charge in [0.05, 0.1) is 25.9 Å². The lowest BCUT2D eigenvalue weighted by Gasteiger charge is -2.27. The van der Waals surface area contributed by atoms with Crippen LogP contribution in [0.3, 0.4) is 0 Å². The third-order valence-electron chi connectivity index (χ3n) is 6.09. The zero-order valence-corrected chi connectivity index (χ0v) is 20.4. The molecule has 32 heavy (non-hydrogen) atoms. The first-order chi connectivity index (χ1) is 15.3. The van der Waals surface area contributed by atoms with Gasteiger partial charge < -0.3 is 9.47 Å². The van der Waals surface area contributed by atoms with Crippen LogP contribution in [0.5, 0.6) is 0 Å². The summed E-state index contributed by atoms with van der Waals surface area (Å²) in [6, 6.07) is 8.66. The lowest BCUT2D eigenvalue weighted by Crippen LogP contribution is -2.40. The van der Waals surface area contributed by atoms with Crippen LogP contribution >= 0.6 is 11.3 Å². The van der Waals surface area contributed by atoms with Crippen LogP contribution in [-0.4, -0.2) is 63.6 Å². The molecule has 2 aromatic rings. The minimum Gasteiger partial charge on any atom is -0.465 e. The van der Waals surface area contributed by atoms with E-state index in [1.165, 1.54) is 33.9 Å². The van der Waals surface area contributed by atoms with Crippen LogP contribution in [-0.2, 0) is 39.0 Å². The Morgan fingerprint density at radius 1 is 1.16 bits per heavy atom. The van der Waals surface area contributed by atoms with Gasteiger partial charge in [0.15, 0.2) is 0 Å². The molecule has 7 nitrogen and oxygen atoms in total. The normalized spacial score (nSPS) is 18.0. The highest BCUT2D eigenvalue weighted by Crippen LogP contribution is 2.38. The molecule has 0 bridgehead atoms. The molecule has 1 saturated heterocycles. The number of carbonyl (C=O) groups excluding carboxylic acids is 1. The summed E-state index contributed by atoms with van der Waals surface area (Å²) in [5.74, 6) is -0.0802. The molecule has 0 unspecified atom stereocenters. The number of rotatable bonds is 6. The van der Waals surface area contributed by atoms with E-state index < -0.39 is 16.0 Å². The van der Waals surface area contributed by atoms with E-state index in [0.717, 1.165) is 23.5 Å². The fourth-order valence-electron chi connectivity index (χ4n) is 4.23. The summed E-state index contributed by atoms with van der Waals surface area (Å²) in [4.78, 5) is 15.9. The predicted octanol–water partition coefficient (Wildman–Crippen LogP) is 3.24. The van der Waals surface area contributed by atoms with Crippen molar-refractivity contribution in [2.24, 2.45) is 0 Å². The summed E-state index contributed by atoms with van der Waals surface area (Å²) in [7, 11) is -2.48. The van der Waals surface area contributed by atoms with Gasteiger partial charge in [-0.05, 0) is 29.0 Å². The van der Waals surface area contributed by atoms with Gasteiger partial charge in [-0.3, -0.25) is 4.90 Å². The Hall–Kier alpha value is -1.78. The highest BCUT2D eigenvalue weighted by Gasteiger charge is 2.37. The minimum atomic E-state index is -3.78. The minimum absolute atomic E-state index is 0.111. The monoisotopic (exact) mass is 478 g/mol. The topological polar surface area (TPSA) is 76.2 Å². The van der Waals surface area contributed by atoms with Crippen LogP contribution in [0.4, 0.5) is 0 Å². The van der Waals surface area contributed by atoms with E-state index in [0.29, 0.717) is 45.2 Å². The fourth-order valence-corrected chi connectivity index (χ4v) is 7.70. The van der Waals surface area contributed by atoms with Crippen molar-refractivity contribution in [1.29, 1.82) is 0 Å². The highest BCUT2D eigenvalue weighted by atomic mass is 32.2. The second kappa shape index (κ2) is 9.61. The zero-order valence-electron chi connectivity index (χ0n) is 18.8. The molecule has 0 amide bonds. The van der Waals surface area contributed by atoms with E-state index in [-0.39, 0.29) is 9.77 Å². The zero-order chi connectivity index (χ0) is 22.9. The van der Waals surface area contributed by atoms with E-state index in [1.807, 2.05) is 0 Å². The van der Waals surface area contributed by atoms with Gasteiger partial charge in [0, 0.05) is 37.6 Å². The van der Waals surface area contributed by atoms with Crippen molar-refractivity contribution >= 4 is 27.3 Å². The maximum Gasteiger partial charge on any atom is 0.340 e. The average Bonchev–Trinajstić information content (AvgIpc) is 3.19. The number of fused-ring (bicyclic) bond motifs is 1. The van der Waals surface area contributed by atoms with Crippen LogP contribution < -0.4 is 0 Å². The molecule has 2 aliphatic heterocycles. The van der Waals surface area contributed by atoms with Crippen molar-refractivity contribution in [3.63, 3.8) is 0 Å². The number of hydrogen-bond donors (Lipinski definition) is 0. The molecule has 0 saturated carbocycles. The quantitative estimate of drug-likeness (QED) is 0.594. The summed E-state index contributed by atoms with van der Waals surface area (Å²) in [5, 5.41) is 0. The van der Waals surface area contributed by atoms with Crippen molar-refractivity contribution in [2.45, 2.75) is 43.5 Å². The van der Waals surface area contributed by atoms with Crippen molar-refractivity contribution in [1.82, 2.24) is 9.21 Å². The number of hydrogen-bond acceptors (Lipinski definition) is 7. The van der Waals surface area contributed by atoms with Crippen LogP contribution in [0.1, 0.15) is 51.7 Å². The van der Waals surface area contributed by atoms with Gasteiger partial charge in [-0.15, -0.1) is 11.3 Å². The molecular weight excluding hydrogens is 448 g/mol. The Balaban J connectivity index is 1.60. The molecule has 1 fully saturated rings. The molecule has 1 aromatic heterocycles. The number of methoxy groups -OCH3 is 1. The van der Waals surface area contributed by atoms with E-state index in [4.69, 9.17) is 9.47 Å². The van der Waals surface area contributed by atoms with Crippen molar-refractivity contribution in [3.05, 3.63) is 51.4 Å². The van der Waals surface area contributed by atoms with Crippen molar-refractivity contribution < 1.29 is 22.7 Å². The van der Waals surface area contributed by atoms with Gasteiger partial charge in [-0.1, -0.05) is 38.1 Å². The Morgan fingerprint density at radius 3 is 2.47 bits per heavy atom. The van der Waals surface area contributed by atoms with Gasteiger partial charge in [-0.2, -0.15) is 4.31 Å². The molecule has 0 N–H and O–H groups in total. The number of benzene rings is 1. The summed E-state index contributed by atoms with van der Waals surface area (Å²) in [5.41, 5.74) is 3.58. The van der Waals surface area contributed by atoms with Gasteiger partial charge in [0.2, 0.25) is 0 Å². The van der Waals surface area contributed by atoms with Crippen LogP contribution in [0.15, 0.2) is 28.5 Å². The molecule has 1 aromatic carbocycles. The summed E-state index contributed by atoms with van der Waals surface area (Å²) in [6.07, 6.45) is 0.624. The van der Waals surface area contributed by atoms with Gasteiger partial charge in [-0.25, -0.2) is 13.2 Å². The second-order valence-electron chi connectivity index (χ2n) is 8.53. The summed E-state index contributed by atoms with van der Waals surface area (Å²) >= 11 is 1.21. The first-order valence-electron chi connectivity index (χ1n) is 10.9. The Morgan fingerprint density at radius 2 is 1.84 bits per heavy atom. The Labute approximate surface area is 194 Å². The predicted molar refractivity (Wildman–Crippen MR) is 124 cm³/mol. The molecule has 0 atom stereocenters. The lowest BCUT2D eigenvalue weighted by molar-refractivity contribution is 0.0594. The van der Waals surface area contributed by atoms with Gasteiger partial charge in [0.25, 0.3) is 10.0 Å². The van der Waals surface area contributed by atoms with Gasteiger partial charge in [0.1, 0.15) is 4.21 Å². The van der Waals surface area contributed by atoms with E-state index in [1.54, 1.807) is 0 Å². The third-order valence-corrected chi connectivity index (χ3v) is 9.70. The van der Waals surface area contributed by atoms with Crippen LogP contribution in [0.25, 0.3) is 0 Å². The molecule has 3 heterocycles. The SMILES string of the molecule is COC(=O)c1c(S(=O)(=O)N2CCOCC2)sc2c1CCN(Cc1ccc(C(C)C)cc1)C2. The highest BCUT2D eigenvalue weighted by molar-refractivity contribution is 7.91. The maximum atomic E-state index is 13.4. The van der Waals surface area contributed by atoms with E-state index in [9.17, 15) is 13.2 Å². The number of ether oxygens (including phenoxy) is 2. The fraction of sp³-hybridized carbons (Fsp3) is 0.522. The summed E-state index contributed by atoms with van der Waals surface area (Å²) < 4.78 is 38.5. The van der Waals surface area contributed by atoms with Crippen molar-refractivity contribution in [2.75, 3.05) is 40.0 Å². The number of esters is 1. The van der Waals surface area contributed by atoms with Crippen molar-refractivity contribution in [3.8, 4) is 0 Å². The molecule has 4 rings (SSSR count). The first kappa shape index (κ1) is 23.4. The van der Waals surface area contributed by atoms with E-state index in [2.05, 4.69) is 43.0 Å². The molecule has 0 radical (unpaired) electrons. The lowest BCUT2D eigenvalue weighted by atomic mass is 10.0. The molecule has 0 spiro atoms.